The molecule has 2 fully saturated rings. The predicted octanol–water partition coefficient (Wildman–Crippen LogP) is 3.16. The molecule has 0 radical (unpaired) electrons. The lowest BCUT2D eigenvalue weighted by Gasteiger charge is -2.30. The second-order valence-electron chi connectivity index (χ2n) is 6.19. The monoisotopic (exact) mass is 248 g/mol. The van der Waals surface area contributed by atoms with Crippen LogP contribution in [0.5, 0.6) is 0 Å². The first-order valence-electron chi connectivity index (χ1n) is 7.36. The van der Waals surface area contributed by atoms with E-state index in [1.807, 2.05) is 0 Å². The summed E-state index contributed by atoms with van der Waals surface area (Å²) >= 11 is 0. The molecule has 100 valence electrons. The molecule has 0 saturated heterocycles. The molecular weight excluding hydrogens is 224 g/mol. The Kier molecular flexibility index (Phi) is 3.94. The van der Waals surface area contributed by atoms with Crippen molar-refractivity contribution >= 4 is 5.91 Å². The van der Waals surface area contributed by atoms with Gasteiger partial charge in [-0.25, -0.2) is 0 Å². The predicted molar refractivity (Wildman–Crippen MR) is 70.7 cm³/mol. The van der Waals surface area contributed by atoms with Crippen LogP contribution in [0.4, 0.5) is 0 Å². The summed E-state index contributed by atoms with van der Waals surface area (Å²) in [5.41, 5.74) is -0.351. The molecule has 2 aliphatic carbocycles. The Morgan fingerprint density at radius 1 is 1.22 bits per heavy atom. The highest BCUT2D eigenvalue weighted by molar-refractivity contribution is 5.85. The Balaban J connectivity index is 1.89. The van der Waals surface area contributed by atoms with Gasteiger partial charge in [0.05, 0.1) is 6.07 Å². The molecule has 0 aromatic carbocycles. The molecule has 3 heteroatoms. The van der Waals surface area contributed by atoms with Crippen LogP contribution >= 0.6 is 0 Å². The minimum Gasteiger partial charge on any atom is -0.354 e. The van der Waals surface area contributed by atoms with Gasteiger partial charge in [0.25, 0.3) is 0 Å². The second-order valence-corrected chi connectivity index (χ2v) is 6.19. The van der Waals surface area contributed by atoms with Crippen LogP contribution in [0, 0.1) is 22.2 Å². The molecule has 0 bridgehead atoms. The van der Waals surface area contributed by atoms with Gasteiger partial charge < -0.3 is 5.32 Å². The lowest BCUT2D eigenvalue weighted by Crippen LogP contribution is -2.43. The fourth-order valence-electron chi connectivity index (χ4n) is 3.20. The van der Waals surface area contributed by atoms with Crippen molar-refractivity contribution in [3.8, 4) is 6.07 Å². The Morgan fingerprint density at radius 2 is 1.89 bits per heavy atom. The largest absolute Gasteiger partial charge is 0.354 e. The molecule has 2 saturated carbocycles. The van der Waals surface area contributed by atoms with Gasteiger partial charge in [-0.3, -0.25) is 4.79 Å². The van der Waals surface area contributed by atoms with Gasteiger partial charge in [-0.2, -0.15) is 5.26 Å². The number of hydrogen-bond acceptors (Lipinski definition) is 2. The molecule has 0 heterocycles. The molecule has 2 aliphatic rings. The summed E-state index contributed by atoms with van der Waals surface area (Å²) in [4.78, 5) is 12.3. The van der Waals surface area contributed by atoms with Crippen molar-refractivity contribution in [2.45, 2.75) is 64.7 Å². The van der Waals surface area contributed by atoms with E-state index in [2.05, 4.69) is 18.3 Å². The van der Waals surface area contributed by atoms with Gasteiger partial charge in [0.15, 0.2) is 0 Å². The Hall–Kier alpha value is -1.04. The van der Waals surface area contributed by atoms with E-state index in [-0.39, 0.29) is 5.91 Å². The van der Waals surface area contributed by atoms with Crippen molar-refractivity contribution in [2.75, 3.05) is 6.54 Å². The van der Waals surface area contributed by atoms with Crippen molar-refractivity contribution in [2.24, 2.45) is 10.8 Å². The minimum atomic E-state index is -0.722. The van der Waals surface area contributed by atoms with E-state index < -0.39 is 5.41 Å². The first-order valence-corrected chi connectivity index (χ1v) is 7.36. The molecule has 0 aromatic heterocycles. The number of carbonyl (C=O) groups is 1. The van der Waals surface area contributed by atoms with Crippen molar-refractivity contribution in [1.82, 2.24) is 5.32 Å². The third-order valence-electron chi connectivity index (χ3n) is 4.72. The molecule has 18 heavy (non-hydrogen) atoms. The Bertz CT molecular complexity index is 346. The van der Waals surface area contributed by atoms with Gasteiger partial charge in [0.2, 0.25) is 5.91 Å². The molecular formula is C15H24N2O. The fourth-order valence-corrected chi connectivity index (χ4v) is 3.20. The first-order chi connectivity index (χ1) is 8.66. The molecule has 1 amide bonds. The summed E-state index contributed by atoms with van der Waals surface area (Å²) in [6.45, 7) is 2.98. The molecule has 3 nitrogen and oxygen atoms in total. The van der Waals surface area contributed by atoms with Crippen molar-refractivity contribution in [3.05, 3.63) is 0 Å². The van der Waals surface area contributed by atoms with E-state index in [0.717, 1.165) is 38.6 Å². The number of amides is 1. The lowest BCUT2D eigenvalue weighted by molar-refractivity contribution is -0.129. The maximum absolute atomic E-state index is 12.3. The van der Waals surface area contributed by atoms with Crippen molar-refractivity contribution in [1.29, 1.82) is 5.26 Å². The van der Waals surface area contributed by atoms with E-state index in [0.29, 0.717) is 5.41 Å². The number of hydrogen-bond donors (Lipinski definition) is 1. The topological polar surface area (TPSA) is 52.9 Å². The van der Waals surface area contributed by atoms with Crippen molar-refractivity contribution < 1.29 is 4.79 Å². The van der Waals surface area contributed by atoms with E-state index in [1.165, 1.54) is 25.7 Å². The summed E-state index contributed by atoms with van der Waals surface area (Å²) in [7, 11) is 0. The highest BCUT2D eigenvalue weighted by Gasteiger charge is 2.44. The quantitative estimate of drug-likeness (QED) is 0.812. The molecule has 0 atom stereocenters. The number of nitrogens with one attached hydrogen (secondary N) is 1. The molecule has 0 aromatic rings. The summed E-state index contributed by atoms with van der Waals surface area (Å²) in [6.07, 6.45) is 9.54. The van der Waals surface area contributed by atoms with Gasteiger partial charge in [-0.05, 0) is 37.5 Å². The smallest absolute Gasteiger partial charge is 0.240 e. The molecule has 0 spiro atoms. The Labute approximate surface area is 110 Å². The summed E-state index contributed by atoms with van der Waals surface area (Å²) < 4.78 is 0. The van der Waals surface area contributed by atoms with Crippen LogP contribution in [0.3, 0.4) is 0 Å². The number of carbonyl (C=O) groups excluding carboxylic acids is 1. The van der Waals surface area contributed by atoms with E-state index >= 15 is 0 Å². The van der Waals surface area contributed by atoms with E-state index in [4.69, 9.17) is 0 Å². The fraction of sp³-hybridized carbons (Fsp3) is 0.867. The van der Waals surface area contributed by atoms with Gasteiger partial charge in [0.1, 0.15) is 5.41 Å². The second kappa shape index (κ2) is 5.30. The van der Waals surface area contributed by atoms with Crippen LogP contribution in [-0.2, 0) is 4.79 Å². The SMILES string of the molecule is CCCC1(CNC(=O)C2(C#N)CCCCC2)CC1. The molecule has 2 rings (SSSR count). The first kappa shape index (κ1) is 13.4. The van der Waals surface area contributed by atoms with Crippen LogP contribution in [0.1, 0.15) is 64.7 Å². The van der Waals surface area contributed by atoms with Gasteiger partial charge in [0, 0.05) is 6.54 Å². The number of rotatable bonds is 5. The van der Waals surface area contributed by atoms with Gasteiger partial charge >= 0.3 is 0 Å². The zero-order valence-electron chi connectivity index (χ0n) is 11.4. The Morgan fingerprint density at radius 3 is 2.39 bits per heavy atom. The molecule has 0 unspecified atom stereocenters. The average Bonchev–Trinajstić information content (AvgIpc) is 3.17. The maximum Gasteiger partial charge on any atom is 0.240 e. The van der Waals surface area contributed by atoms with Crippen LogP contribution in [0.2, 0.25) is 0 Å². The summed E-state index contributed by atoms with van der Waals surface area (Å²) in [6, 6.07) is 2.29. The van der Waals surface area contributed by atoms with Gasteiger partial charge in [-0.1, -0.05) is 32.6 Å². The highest BCUT2D eigenvalue weighted by Crippen LogP contribution is 2.49. The summed E-state index contributed by atoms with van der Waals surface area (Å²) in [5.74, 6) is -0.00734. The number of nitrogens with zero attached hydrogens (tertiary/aromatic N) is 1. The van der Waals surface area contributed by atoms with Crippen LogP contribution in [-0.4, -0.2) is 12.5 Å². The maximum atomic E-state index is 12.3. The summed E-state index contributed by atoms with van der Waals surface area (Å²) in [5, 5.41) is 12.4. The third-order valence-corrected chi connectivity index (χ3v) is 4.72. The lowest BCUT2D eigenvalue weighted by atomic mass is 9.74. The molecule has 1 N–H and O–H groups in total. The molecule has 0 aliphatic heterocycles. The van der Waals surface area contributed by atoms with Crippen molar-refractivity contribution in [3.63, 3.8) is 0 Å². The standard InChI is InChI=1S/C15H24N2O/c1-2-6-14(9-10-14)12-17-13(18)15(11-16)7-4-3-5-8-15/h2-10,12H2,1H3,(H,17,18). The minimum absolute atomic E-state index is 0.00734. The zero-order valence-corrected chi connectivity index (χ0v) is 11.4. The highest BCUT2D eigenvalue weighted by atomic mass is 16.2. The van der Waals surface area contributed by atoms with Crippen LogP contribution in [0.15, 0.2) is 0 Å². The zero-order chi connectivity index (χ0) is 13.1. The van der Waals surface area contributed by atoms with Gasteiger partial charge in [-0.15, -0.1) is 0 Å². The average molecular weight is 248 g/mol. The van der Waals surface area contributed by atoms with Crippen LogP contribution < -0.4 is 5.32 Å². The van der Waals surface area contributed by atoms with Crippen LogP contribution in [0.25, 0.3) is 0 Å². The number of nitriles is 1. The van der Waals surface area contributed by atoms with E-state index in [1.54, 1.807) is 0 Å². The third kappa shape index (κ3) is 2.68. The normalized spacial score (nSPS) is 24.0. The van der Waals surface area contributed by atoms with E-state index in [9.17, 15) is 10.1 Å².